The molecule has 0 saturated heterocycles. The minimum atomic E-state index is -4.89. The number of carboxylic acids is 1. The van der Waals surface area contributed by atoms with Crippen molar-refractivity contribution in [2.45, 2.75) is 0 Å². The lowest BCUT2D eigenvalue weighted by Gasteiger charge is -2.11. The molecule has 3 N–H and O–H groups in total. The molecule has 102 valence electrons. The highest BCUT2D eigenvalue weighted by molar-refractivity contribution is 7.74. The monoisotopic (exact) mass is 290 g/mol. The van der Waals surface area contributed by atoms with Gasteiger partial charge in [0.05, 0.1) is 4.92 Å². The van der Waals surface area contributed by atoms with Crippen LogP contribution in [0.4, 0.5) is 5.69 Å². The van der Waals surface area contributed by atoms with E-state index in [1.165, 1.54) is 0 Å². The van der Waals surface area contributed by atoms with Gasteiger partial charge in [0, 0.05) is 12.1 Å². The molecule has 1 rings (SSSR count). The Labute approximate surface area is 105 Å². The van der Waals surface area contributed by atoms with Gasteiger partial charge in [0.2, 0.25) is 0 Å². The number of benzene rings is 1. The Bertz CT molecular complexity index is 581. The molecule has 0 aliphatic heterocycles. The Morgan fingerprint density at radius 1 is 1.37 bits per heavy atom. The van der Waals surface area contributed by atoms with Crippen molar-refractivity contribution in [3.8, 4) is 5.75 Å². The van der Waals surface area contributed by atoms with Crippen LogP contribution in [0.25, 0.3) is 0 Å². The zero-order valence-corrected chi connectivity index (χ0v) is 9.93. The second-order valence-corrected chi connectivity index (χ2v) is 4.74. The molecule has 11 heteroatoms. The smallest absolute Gasteiger partial charge is 0.437 e. The minimum Gasteiger partial charge on any atom is -0.476 e. The van der Waals surface area contributed by atoms with Gasteiger partial charge in [0.1, 0.15) is 5.75 Å². The highest BCUT2D eigenvalue weighted by atomic mass is 31.2. The average molecular weight is 290 g/mol. The summed E-state index contributed by atoms with van der Waals surface area (Å²) in [5.41, 5.74) is -1.75. The van der Waals surface area contributed by atoms with E-state index in [0.29, 0.717) is 0 Å². The van der Waals surface area contributed by atoms with Gasteiger partial charge in [-0.2, -0.15) is 0 Å². The van der Waals surface area contributed by atoms with Crippen LogP contribution in [0.5, 0.6) is 5.75 Å². The molecule has 0 radical (unpaired) electrons. The summed E-state index contributed by atoms with van der Waals surface area (Å²) in [6, 6.07) is 3.98. The van der Waals surface area contributed by atoms with E-state index in [0.717, 1.165) is 24.3 Å². The second-order valence-electron chi connectivity index (χ2n) is 3.09. The Morgan fingerprint density at radius 3 is 2.26 bits per heavy atom. The van der Waals surface area contributed by atoms with Crippen LogP contribution in [0.1, 0.15) is 0 Å². The third kappa shape index (κ3) is 3.50. The molecule has 0 spiro atoms. The van der Waals surface area contributed by atoms with Gasteiger partial charge in [0.15, 0.2) is 0 Å². The lowest BCUT2D eigenvalue weighted by molar-refractivity contribution is -0.384. The van der Waals surface area contributed by atoms with E-state index in [9.17, 15) is 24.4 Å². The predicted molar refractivity (Wildman–Crippen MR) is 60.4 cm³/mol. The molecule has 1 atom stereocenters. The third-order valence-electron chi connectivity index (χ3n) is 1.83. The zero-order valence-electron chi connectivity index (χ0n) is 9.03. The normalized spacial score (nSPS) is 14.5. The van der Waals surface area contributed by atoms with Crippen molar-refractivity contribution in [3.05, 3.63) is 34.4 Å². The fourth-order valence-corrected chi connectivity index (χ4v) is 1.88. The first-order valence-electron chi connectivity index (χ1n) is 4.50. The lowest BCUT2D eigenvalue weighted by atomic mass is 10.3. The van der Waals surface area contributed by atoms with Gasteiger partial charge in [-0.05, 0) is 12.1 Å². The number of nitro benzene ring substituents is 1. The number of aliphatic carboxylic acids is 1. The second kappa shape index (κ2) is 5.46. The van der Waals surface area contributed by atoms with Gasteiger partial charge in [-0.3, -0.25) is 10.1 Å². The van der Waals surface area contributed by atoms with Crippen LogP contribution in [0.3, 0.4) is 0 Å². The third-order valence-corrected chi connectivity index (χ3v) is 3.10. The van der Waals surface area contributed by atoms with E-state index in [1.807, 2.05) is 0 Å². The Hall–Kier alpha value is -2.45. The number of carboxylic acid groups (broad SMARTS) is 1. The first-order valence-corrected chi connectivity index (χ1v) is 6.08. The number of hydrogen-bond donors (Lipinski definition) is 3. The topological polar surface area (TPSA) is 160 Å². The summed E-state index contributed by atoms with van der Waals surface area (Å²) in [5, 5.41) is 29.4. The van der Waals surface area contributed by atoms with E-state index >= 15 is 0 Å². The van der Waals surface area contributed by atoms with Gasteiger partial charge in [-0.15, -0.1) is 0 Å². The zero-order chi connectivity index (χ0) is 14.6. The van der Waals surface area contributed by atoms with Gasteiger partial charge >= 0.3 is 13.6 Å². The molecule has 0 bridgehead atoms. The van der Waals surface area contributed by atoms with Crippen LogP contribution in [0.15, 0.2) is 29.4 Å². The van der Waals surface area contributed by atoms with Crippen molar-refractivity contribution in [1.82, 2.24) is 0 Å². The molecule has 10 nitrogen and oxygen atoms in total. The number of carbonyl (C=O) groups is 1. The Balaban J connectivity index is 2.98. The standard InChI is InChI=1S/C8H7N2O8P/c11-8(12)7(9-13)19(16,17)18-6-3-1-5(2-4-6)10(14)15/h1-4,13H,(H,11,12)(H,16,17). The molecule has 19 heavy (non-hydrogen) atoms. The lowest BCUT2D eigenvalue weighted by Crippen LogP contribution is -2.16. The summed E-state index contributed by atoms with van der Waals surface area (Å²) in [5.74, 6) is -2.23. The Morgan fingerprint density at radius 2 is 1.89 bits per heavy atom. The number of nitro groups is 1. The molecule has 1 aromatic rings. The number of oxime groups is 1. The van der Waals surface area contributed by atoms with E-state index in [1.54, 1.807) is 0 Å². The van der Waals surface area contributed by atoms with Crippen LogP contribution in [-0.4, -0.2) is 31.6 Å². The minimum absolute atomic E-state index is 0.283. The number of rotatable bonds is 5. The maximum absolute atomic E-state index is 11.5. The molecule has 0 heterocycles. The molecule has 0 aromatic heterocycles. The molecule has 0 amide bonds. The van der Waals surface area contributed by atoms with Crippen molar-refractivity contribution in [2.24, 2.45) is 5.16 Å². The van der Waals surface area contributed by atoms with E-state index in [4.69, 9.17) is 10.3 Å². The van der Waals surface area contributed by atoms with Gasteiger partial charge < -0.3 is 19.7 Å². The average Bonchev–Trinajstić information content (AvgIpc) is 2.28. The van der Waals surface area contributed by atoms with Crippen LogP contribution in [-0.2, 0) is 9.36 Å². The summed E-state index contributed by atoms with van der Waals surface area (Å²) in [6.07, 6.45) is 0. The summed E-state index contributed by atoms with van der Waals surface area (Å²) >= 11 is 0. The fourth-order valence-electron chi connectivity index (χ4n) is 1.03. The van der Waals surface area contributed by atoms with E-state index in [-0.39, 0.29) is 11.4 Å². The SMILES string of the molecule is O=C(O)C(=NO)P(=O)(O)Oc1ccc([N+](=O)[O-])cc1. The van der Waals surface area contributed by atoms with Crippen LogP contribution in [0.2, 0.25) is 0 Å². The quantitative estimate of drug-likeness (QED) is 0.238. The molecule has 0 aliphatic rings. The summed E-state index contributed by atoms with van der Waals surface area (Å²) in [7, 11) is -4.89. The van der Waals surface area contributed by atoms with Crippen molar-refractivity contribution in [3.63, 3.8) is 0 Å². The highest BCUT2D eigenvalue weighted by Crippen LogP contribution is 2.44. The maximum atomic E-state index is 11.5. The van der Waals surface area contributed by atoms with Crippen LogP contribution >= 0.6 is 7.60 Å². The predicted octanol–water partition coefficient (Wildman–Crippen LogP) is 1.03. The number of hydrogen-bond acceptors (Lipinski definition) is 7. The molecule has 1 unspecified atom stereocenters. The maximum Gasteiger partial charge on any atom is 0.437 e. The van der Waals surface area contributed by atoms with Gasteiger partial charge in [0.25, 0.3) is 11.1 Å². The molecule has 0 saturated carbocycles. The summed E-state index contributed by atoms with van der Waals surface area (Å²) in [4.78, 5) is 29.5. The van der Waals surface area contributed by atoms with Crippen LogP contribution < -0.4 is 4.52 Å². The first kappa shape index (κ1) is 14.6. The van der Waals surface area contributed by atoms with Crippen molar-refractivity contribution < 1.29 is 34.0 Å². The summed E-state index contributed by atoms with van der Waals surface area (Å²) in [6.45, 7) is 0. The van der Waals surface area contributed by atoms with Crippen molar-refractivity contribution >= 4 is 24.7 Å². The fraction of sp³-hybridized carbons (Fsp3) is 0. The molecule has 0 fully saturated rings. The summed E-state index contributed by atoms with van der Waals surface area (Å²) < 4.78 is 16.0. The largest absolute Gasteiger partial charge is 0.476 e. The Kier molecular flexibility index (Phi) is 4.20. The number of non-ortho nitro benzene ring substituents is 1. The van der Waals surface area contributed by atoms with Gasteiger partial charge in [-0.1, -0.05) is 5.16 Å². The first-order chi connectivity index (χ1) is 8.77. The van der Waals surface area contributed by atoms with Gasteiger partial charge in [-0.25, -0.2) is 9.36 Å². The van der Waals surface area contributed by atoms with E-state index < -0.39 is 23.9 Å². The number of nitrogens with zero attached hydrogens (tertiary/aromatic N) is 2. The van der Waals surface area contributed by atoms with Crippen molar-refractivity contribution in [2.75, 3.05) is 0 Å². The molecule has 0 aliphatic carbocycles. The molecule has 1 aromatic carbocycles. The highest BCUT2D eigenvalue weighted by Gasteiger charge is 2.36. The van der Waals surface area contributed by atoms with Crippen molar-refractivity contribution in [1.29, 1.82) is 0 Å². The molecular formula is C8H7N2O8P. The molecular weight excluding hydrogens is 283 g/mol. The van der Waals surface area contributed by atoms with Crippen LogP contribution in [0, 0.1) is 10.1 Å². The van der Waals surface area contributed by atoms with E-state index in [2.05, 4.69) is 9.68 Å².